The zero-order valence-electron chi connectivity index (χ0n) is 32.7. The lowest BCUT2D eigenvalue weighted by Crippen LogP contribution is -2.50. The third kappa shape index (κ3) is 12.4. The molecule has 0 saturated carbocycles. The minimum Gasteiger partial charge on any atom is -0.0654 e. The van der Waals surface area contributed by atoms with Crippen LogP contribution in [0.1, 0.15) is 207 Å². The van der Waals surface area contributed by atoms with Crippen molar-refractivity contribution in [2.75, 3.05) is 0 Å². The molecular formula is C42H86. The molecular weight excluding hydrogens is 504 g/mol. The highest BCUT2D eigenvalue weighted by Crippen LogP contribution is 2.59. The van der Waals surface area contributed by atoms with Crippen LogP contribution in [0.3, 0.4) is 0 Å². The molecule has 0 aliphatic heterocycles. The van der Waals surface area contributed by atoms with E-state index in [1.54, 1.807) is 0 Å². The van der Waals surface area contributed by atoms with E-state index in [9.17, 15) is 0 Å². The summed E-state index contributed by atoms with van der Waals surface area (Å²) in [6.07, 6.45) is 20.6. The van der Waals surface area contributed by atoms with Gasteiger partial charge < -0.3 is 0 Å². The van der Waals surface area contributed by atoms with Crippen LogP contribution in [-0.2, 0) is 0 Å². The van der Waals surface area contributed by atoms with Crippen LogP contribution in [0.5, 0.6) is 0 Å². The van der Waals surface area contributed by atoms with Gasteiger partial charge in [0.15, 0.2) is 0 Å². The summed E-state index contributed by atoms with van der Waals surface area (Å²) in [6.45, 7) is 40.7. The topological polar surface area (TPSA) is 0 Å². The largest absolute Gasteiger partial charge is 0.0654 e. The SMILES string of the molecule is CCCCC(CC(CC)CCCC(C)(C)CCC)C(C)(C(C)C(C)C(CCC)C(C)C(CC)CC(C)C)C(C)(C)CC. The smallest absolute Gasteiger partial charge is 0.0218 e. The van der Waals surface area contributed by atoms with Gasteiger partial charge in [-0.3, -0.25) is 0 Å². The monoisotopic (exact) mass is 591 g/mol. The minimum absolute atomic E-state index is 0.336. The van der Waals surface area contributed by atoms with Crippen molar-refractivity contribution in [3.8, 4) is 0 Å². The molecule has 8 unspecified atom stereocenters. The molecule has 0 fully saturated rings. The summed E-state index contributed by atoms with van der Waals surface area (Å²) in [5, 5.41) is 0. The van der Waals surface area contributed by atoms with E-state index in [1.807, 2.05) is 0 Å². The second-order valence-corrected chi connectivity index (χ2v) is 17.4. The van der Waals surface area contributed by atoms with E-state index in [0.717, 1.165) is 47.3 Å². The Morgan fingerprint density at radius 2 is 1.19 bits per heavy atom. The second kappa shape index (κ2) is 20.2. The Balaban J connectivity index is 6.44. The van der Waals surface area contributed by atoms with Crippen LogP contribution in [0.15, 0.2) is 0 Å². The van der Waals surface area contributed by atoms with Gasteiger partial charge in [-0.15, -0.1) is 0 Å². The molecule has 42 heavy (non-hydrogen) atoms. The first-order valence-electron chi connectivity index (χ1n) is 19.5. The van der Waals surface area contributed by atoms with Gasteiger partial charge in [-0.25, -0.2) is 0 Å². The fourth-order valence-corrected chi connectivity index (χ4v) is 9.56. The Labute approximate surface area is 270 Å². The van der Waals surface area contributed by atoms with Crippen LogP contribution < -0.4 is 0 Å². The lowest BCUT2D eigenvalue weighted by molar-refractivity contribution is -0.0830. The van der Waals surface area contributed by atoms with E-state index < -0.39 is 0 Å². The predicted molar refractivity (Wildman–Crippen MR) is 195 cm³/mol. The van der Waals surface area contributed by atoms with Crippen LogP contribution in [0, 0.1) is 63.6 Å². The Bertz CT molecular complexity index is 655. The van der Waals surface area contributed by atoms with Crippen LogP contribution >= 0.6 is 0 Å². The normalized spacial score (nSPS) is 19.6. The van der Waals surface area contributed by atoms with Crippen molar-refractivity contribution in [3.05, 3.63) is 0 Å². The summed E-state index contributed by atoms with van der Waals surface area (Å²) in [6, 6.07) is 0. The van der Waals surface area contributed by atoms with E-state index in [-0.39, 0.29) is 0 Å². The Hall–Kier alpha value is 0. The molecule has 0 heteroatoms. The first kappa shape index (κ1) is 42.0. The third-order valence-corrected chi connectivity index (χ3v) is 13.4. The average Bonchev–Trinajstić information content (AvgIpc) is 2.93. The van der Waals surface area contributed by atoms with Crippen molar-refractivity contribution in [2.45, 2.75) is 207 Å². The first-order chi connectivity index (χ1) is 19.5. The molecule has 0 radical (unpaired) electrons. The Morgan fingerprint density at radius 3 is 1.64 bits per heavy atom. The molecule has 0 nitrogen and oxygen atoms in total. The number of hydrogen-bond acceptors (Lipinski definition) is 0. The highest BCUT2D eigenvalue weighted by molar-refractivity contribution is 5.00. The van der Waals surface area contributed by atoms with Gasteiger partial charge in [-0.2, -0.15) is 0 Å². The Morgan fingerprint density at radius 1 is 0.571 bits per heavy atom. The lowest BCUT2D eigenvalue weighted by atomic mass is 9.48. The summed E-state index contributed by atoms with van der Waals surface area (Å²) in [5.74, 6) is 6.48. The maximum Gasteiger partial charge on any atom is -0.0218 e. The molecule has 0 heterocycles. The van der Waals surface area contributed by atoms with Gasteiger partial charge in [0.25, 0.3) is 0 Å². The lowest BCUT2D eigenvalue weighted by Gasteiger charge is -2.57. The maximum atomic E-state index is 2.79. The number of hydrogen-bond donors (Lipinski definition) is 0. The van der Waals surface area contributed by atoms with Crippen molar-refractivity contribution >= 4 is 0 Å². The highest BCUT2D eigenvalue weighted by Gasteiger charge is 2.51. The molecule has 0 amide bonds. The van der Waals surface area contributed by atoms with Gasteiger partial charge >= 0.3 is 0 Å². The van der Waals surface area contributed by atoms with Crippen molar-refractivity contribution in [1.82, 2.24) is 0 Å². The molecule has 0 saturated heterocycles. The summed E-state index contributed by atoms with van der Waals surface area (Å²) in [5.41, 5.74) is 1.19. The highest BCUT2D eigenvalue weighted by atomic mass is 14.6. The van der Waals surface area contributed by atoms with E-state index in [2.05, 4.69) is 111 Å². The van der Waals surface area contributed by atoms with Gasteiger partial charge in [0, 0.05) is 0 Å². The molecule has 0 aromatic carbocycles. The van der Waals surface area contributed by atoms with Gasteiger partial charge in [0.2, 0.25) is 0 Å². The molecule has 0 aliphatic rings. The summed E-state index contributed by atoms with van der Waals surface area (Å²) in [7, 11) is 0. The van der Waals surface area contributed by atoms with Gasteiger partial charge in [0.1, 0.15) is 0 Å². The van der Waals surface area contributed by atoms with Gasteiger partial charge in [-0.05, 0) is 95.7 Å². The standard InChI is InChI=1S/C42H86/c1-17-23-27-38(31-36(20-4)26-24-29-40(12,13)28-19-3)42(16,41(14,15)22-6)35(11)33(9)39(25-18-2)34(10)37(21-5)30-32(7)8/h32-39H,17-31H2,1-16H3. The fraction of sp³-hybridized carbons (Fsp3) is 1.00. The van der Waals surface area contributed by atoms with Crippen molar-refractivity contribution in [2.24, 2.45) is 63.6 Å². The fourth-order valence-electron chi connectivity index (χ4n) is 9.56. The van der Waals surface area contributed by atoms with E-state index in [1.165, 1.54) is 96.3 Å². The average molecular weight is 591 g/mol. The molecule has 0 bridgehead atoms. The third-order valence-electron chi connectivity index (χ3n) is 13.4. The molecule has 0 spiro atoms. The van der Waals surface area contributed by atoms with E-state index in [4.69, 9.17) is 0 Å². The van der Waals surface area contributed by atoms with Crippen LogP contribution in [0.2, 0.25) is 0 Å². The maximum absolute atomic E-state index is 2.79. The number of rotatable bonds is 25. The molecule has 0 rings (SSSR count). The van der Waals surface area contributed by atoms with Crippen molar-refractivity contribution in [3.63, 3.8) is 0 Å². The van der Waals surface area contributed by atoms with Gasteiger partial charge in [0.05, 0.1) is 0 Å². The van der Waals surface area contributed by atoms with Crippen LogP contribution in [0.4, 0.5) is 0 Å². The molecule has 0 aromatic rings. The van der Waals surface area contributed by atoms with Crippen LogP contribution in [-0.4, -0.2) is 0 Å². The first-order valence-corrected chi connectivity index (χ1v) is 19.5. The summed E-state index contributed by atoms with van der Waals surface area (Å²) in [4.78, 5) is 0. The Kier molecular flexibility index (Phi) is 20.2. The molecule has 8 atom stereocenters. The minimum atomic E-state index is 0.336. The number of unbranched alkanes of at least 4 members (excludes halogenated alkanes) is 1. The van der Waals surface area contributed by atoms with Crippen molar-refractivity contribution in [1.29, 1.82) is 0 Å². The zero-order valence-corrected chi connectivity index (χ0v) is 32.7. The van der Waals surface area contributed by atoms with E-state index >= 15 is 0 Å². The zero-order chi connectivity index (χ0) is 32.7. The predicted octanol–water partition coefficient (Wildman–Crippen LogP) is 15.0. The van der Waals surface area contributed by atoms with Crippen LogP contribution in [0.25, 0.3) is 0 Å². The molecule has 0 aliphatic carbocycles. The molecule has 0 aromatic heterocycles. The summed E-state index contributed by atoms with van der Waals surface area (Å²) < 4.78 is 0. The van der Waals surface area contributed by atoms with Crippen molar-refractivity contribution < 1.29 is 0 Å². The molecule has 254 valence electrons. The summed E-state index contributed by atoms with van der Waals surface area (Å²) >= 11 is 0. The van der Waals surface area contributed by atoms with E-state index in [0.29, 0.717) is 16.2 Å². The molecule has 0 N–H and O–H groups in total. The second-order valence-electron chi connectivity index (χ2n) is 17.4. The van der Waals surface area contributed by atoms with Gasteiger partial charge in [-0.1, -0.05) is 175 Å². The quantitative estimate of drug-likeness (QED) is 0.0991.